The Balaban J connectivity index is 2.65. The van der Waals surface area contributed by atoms with Crippen LogP contribution in [0.3, 0.4) is 0 Å². The summed E-state index contributed by atoms with van der Waals surface area (Å²) in [5, 5.41) is 20.6. The van der Waals surface area contributed by atoms with E-state index in [1.165, 1.54) is 0 Å². The van der Waals surface area contributed by atoms with Crippen molar-refractivity contribution in [2.75, 3.05) is 26.4 Å². The standard InChI is InChI=1S/C18H27NO9Si/c1-4-25-29(26-5-2,27-6-3)9-7-8-19-18(24)28-15-11-13(16(20)21)10-14(12-15)17(22)23/h10-12H,4-9H2,1-3H3,(H,19,24)(H,20,21)(H,22,23). The lowest BCUT2D eigenvalue weighted by Crippen LogP contribution is -2.46. The molecule has 1 aromatic carbocycles. The maximum Gasteiger partial charge on any atom is 0.500 e. The molecule has 0 unspecified atom stereocenters. The third-order valence-corrected chi connectivity index (χ3v) is 6.78. The second kappa shape index (κ2) is 12.2. The number of rotatable bonds is 13. The van der Waals surface area contributed by atoms with E-state index in [1.807, 2.05) is 20.8 Å². The van der Waals surface area contributed by atoms with Crippen LogP contribution in [0.1, 0.15) is 47.9 Å². The molecule has 162 valence electrons. The molecule has 0 bridgehead atoms. The van der Waals surface area contributed by atoms with Gasteiger partial charge in [0.05, 0.1) is 11.1 Å². The van der Waals surface area contributed by atoms with Crippen LogP contribution in [-0.2, 0) is 13.3 Å². The lowest BCUT2D eigenvalue weighted by molar-refractivity contribution is 0.0689. The molecular formula is C18H27NO9Si. The largest absolute Gasteiger partial charge is 0.500 e. The Morgan fingerprint density at radius 1 is 0.897 bits per heavy atom. The number of carbonyl (C=O) groups is 3. The van der Waals surface area contributed by atoms with Crippen molar-refractivity contribution in [3.63, 3.8) is 0 Å². The summed E-state index contributed by atoms with van der Waals surface area (Å²) < 4.78 is 22.2. The number of hydrogen-bond acceptors (Lipinski definition) is 7. The number of carboxylic acids is 2. The minimum absolute atomic E-state index is 0.179. The molecule has 0 saturated carbocycles. The SMILES string of the molecule is CCO[Si](CCCNC(=O)Oc1cc(C(=O)O)cc(C(=O)O)c1)(OCC)OCC. The molecule has 10 nitrogen and oxygen atoms in total. The van der Waals surface area contributed by atoms with Gasteiger partial charge in [-0.15, -0.1) is 0 Å². The van der Waals surface area contributed by atoms with Crippen LogP contribution in [0.25, 0.3) is 0 Å². The highest BCUT2D eigenvalue weighted by atomic mass is 28.4. The monoisotopic (exact) mass is 429 g/mol. The molecule has 3 N–H and O–H groups in total. The number of amides is 1. The number of benzene rings is 1. The average molecular weight is 429 g/mol. The van der Waals surface area contributed by atoms with Gasteiger partial charge >= 0.3 is 26.8 Å². The quantitative estimate of drug-likeness (QED) is 0.319. The van der Waals surface area contributed by atoms with E-state index in [4.69, 9.17) is 28.2 Å². The summed E-state index contributed by atoms with van der Waals surface area (Å²) in [5.74, 6) is -2.84. The molecule has 1 aromatic rings. The number of carbonyl (C=O) groups excluding carboxylic acids is 1. The number of carboxylic acid groups (broad SMARTS) is 2. The Hall–Kier alpha value is -2.47. The van der Waals surface area contributed by atoms with Crippen molar-refractivity contribution in [3.8, 4) is 5.75 Å². The molecule has 0 heterocycles. The van der Waals surface area contributed by atoms with Gasteiger partial charge in [0.25, 0.3) is 0 Å². The lowest BCUT2D eigenvalue weighted by atomic mass is 10.1. The molecule has 0 aliphatic rings. The Bertz CT molecular complexity index is 661. The Kier molecular flexibility index (Phi) is 10.3. The van der Waals surface area contributed by atoms with Gasteiger partial charge in [-0.25, -0.2) is 14.4 Å². The van der Waals surface area contributed by atoms with E-state index in [-0.39, 0.29) is 23.4 Å². The molecule has 0 atom stereocenters. The Labute approximate surface area is 170 Å². The van der Waals surface area contributed by atoms with Crippen LogP contribution in [0.2, 0.25) is 6.04 Å². The smallest absolute Gasteiger partial charge is 0.478 e. The average Bonchev–Trinajstić information content (AvgIpc) is 2.65. The highest BCUT2D eigenvalue weighted by Gasteiger charge is 2.39. The molecule has 0 aromatic heterocycles. The van der Waals surface area contributed by atoms with Crippen LogP contribution in [0.5, 0.6) is 5.75 Å². The summed E-state index contributed by atoms with van der Waals surface area (Å²) in [6.45, 7) is 7.16. The first-order chi connectivity index (χ1) is 13.8. The van der Waals surface area contributed by atoms with Crippen LogP contribution >= 0.6 is 0 Å². The third kappa shape index (κ3) is 8.19. The first kappa shape index (κ1) is 24.6. The van der Waals surface area contributed by atoms with Crippen LogP contribution in [0, 0.1) is 0 Å². The molecule has 11 heteroatoms. The van der Waals surface area contributed by atoms with Gasteiger partial charge in [0, 0.05) is 32.4 Å². The number of aromatic carboxylic acids is 2. The maximum absolute atomic E-state index is 12.0. The van der Waals surface area contributed by atoms with Gasteiger partial charge in [-0.2, -0.15) is 0 Å². The molecule has 1 amide bonds. The predicted molar refractivity (Wildman–Crippen MR) is 104 cm³/mol. The summed E-state index contributed by atoms with van der Waals surface area (Å²) in [5.41, 5.74) is -0.595. The van der Waals surface area contributed by atoms with Crippen molar-refractivity contribution in [3.05, 3.63) is 29.3 Å². The van der Waals surface area contributed by atoms with Gasteiger partial charge < -0.3 is 33.5 Å². The van der Waals surface area contributed by atoms with E-state index in [9.17, 15) is 14.4 Å². The zero-order valence-corrected chi connectivity index (χ0v) is 17.7. The fraction of sp³-hybridized carbons (Fsp3) is 0.500. The summed E-state index contributed by atoms with van der Waals surface area (Å²) in [6, 6.07) is 3.63. The lowest BCUT2D eigenvalue weighted by Gasteiger charge is -2.28. The number of ether oxygens (including phenoxy) is 1. The van der Waals surface area contributed by atoms with Crippen LogP contribution in [-0.4, -0.2) is 63.4 Å². The number of nitrogens with one attached hydrogen (secondary N) is 1. The highest BCUT2D eigenvalue weighted by molar-refractivity contribution is 6.60. The third-order valence-electron chi connectivity index (χ3n) is 3.63. The molecule has 0 radical (unpaired) electrons. The summed E-state index contributed by atoms with van der Waals surface area (Å²) >= 11 is 0. The van der Waals surface area contributed by atoms with E-state index in [0.717, 1.165) is 18.2 Å². The second-order valence-corrected chi connectivity index (χ2v) is 8.49. The van der Waals surface area contributed by atoms with Crippen molar-refractivity contribution >= 4 is 26.8 Å². The van der Waals surface area contributed by atoms with Crippen molar-refractivity contribution in [2.24, 2.45) is 0 Å². The van der Waals surface area contributed by atoms with Crippen molar-refractivity contribution < 1.29 is 42.6 Å². The van der Waals surface area contributed by atoms with Crippen LogP contribution < -0.4 is 10.1 Å². The normalized spacial score (nSPS) is 11.1. The molecule has 0 fully saturated rings. The minimum Gasteiger partial charge on any atom is -0.478 e. The van der Waals surface area contributed by atoms with Crippen molar-refractivity contribution in [1.82, 2.24) is 5.32 Å². The van der Waals surface area contributed by atoms with Crippen molar-refractivity contribution in [1.29, 1.82) is 0 Å². The Morgan fingerprint density at radius 2 is 1.38 bits per heavy atom. The van der Waals surface area contributed by atoms with E-state index >= 15 is 0 Å². The van der Waals surface area contributed by atoms with E-state index in [2.05, 4.69) is 5.32 Å². The first-order valence-electron chi connectivity index (χ1n) is 9.26. The van der Waals surface area contributed by atoms with Gasteiger partial charge in [0.1, 0.15) is 5.75 Å². The van der Waals surface area contributed by atoms with E-state index < -0.39 is 26.8 Å². The molecule has 1 rings (SSSR count). The molecule has 0 saturated heterocycles. The van der Waals surface area contributed by atoms with Gasteiger partial charge in [-0.3, -0.25) is 0 Å². The van der Waals surface area contributed by atoms with E-state index in [1.54, 1.807) is 0 Å². The molecule has 0 aliphatic carbocycles. The maximum atomic E-state index is 12.0. The topological polar surface area (TPSA) is 141 Å². The fourth-order valence-corrected chi connectivity index (χ4v) is 5.16. The fourth-order valence-electron chi connectivity index (χ4n) is 2.54. The molecule has 0 spiro atoms. The van der Waals surface area contributed by atoms with E-state index in [0.29, 0.717) is 32.3 Å². The second-order valence-electron chi connectivity index (χ2n) is 5.76. The number of hydrogen-bond donors (Lipinski definition) is 3. The van der Waals surface area contributed by atoms with Gasteiger partial charge in [-0.1, -0.05) is 0 Å². The summed E-state index contributed by atoms with van der Waals surface area (Å²) in [7, 11) is -2.80. The predicted octanol–water partition coefficient (Wildman–Crippen LogP) is 2.61. The molecule has 29 heavy (non-hydrogen) atoms. The van der Waals surface area contributed by atoms with Crippen molar-refractivity contribution in [2.45, 2.75) is 33.2 Å². The van der Waals surface area contributed by atoms with Crippen LogP contribution in [0.4, 0.5) is 4.79 Å². The minimum atomic E-state index is -2.80. The summed E-state index contributed by atoms with van der Waals surface area (Å²) in [4.78, 5) is 34.2. The Morgan fingerprint density at radius 3 is 1.79 bits per heavy atom. The summed E-state index contributed by atoms with van der Waals surface area (Å²) in [6.07, 6.45) is -0.322. The zero-order valence-electron chi connectivity index (χ0n) is 16.7. The van der Waals surface area contributed by atoms with Gasteiger partial charge in [0.2, 0.25) is 0 Å². The van der Waals surface area contributed by atoms with Crippen LogP contribution in [0.15, 0.2) is 18.2 Å². The first-order valence-corrected chi connectivity index (χ1v) is 11.2. The molecule has 0 aliphatic heterocycles. The zero-order chi connectivity index (χ0) is 21.9. The van der Waals surface area contributed by atoms with Gasteiger partial charge in [0.15, 0.2) is 0 Å². The van der Waals surface area contributed by atoms with Gasteiger partial charge in [-0.05, 0) is 45.4 Å². The highest BCUT2D eigenvalue weighted by Crippen LogP contribution is 2.19. The molecular weight excluding hydrogens is 402 g/mol.